The number of carbonyl (C=O) groups excluding carboxylic acids is 1. The molecule has 0 aromatic heterocycles. The number of esters is 1. The highest BCUT2D eigenvalue weighted by Gasteiger charge is 2.35. The van der Waals surface area contributed by atoms with Crippen LogP contribution in [0.4, 0.5) is 5.69 Å². The Morgan fingerprint density at radius 3 is 2.72 bits per heavy atom. The monoisotopic (exact) mass is 270 g/mol. The minimum atomic E-state index is -3.73. The van der Waals surface area contributed by atoms with Crippen LogP contribution < -0.4 is 10.0 Å². The molecule has 98 valence electrons. The zero-order chi connectivity index (χ0) is 13.3. The molecule has 2 N–H and O–H groups in total. The number of sulfonamides is 1. The Labute approximate surface area is 105 Å². The van der Waals surface area contributed by atoms with Gasteiger partial charge in [-0.15, -0.1) is 0 Å². The van der Waals surface area contributed by atoms with E-state index in [2.05, 4.69) is 4.74 Å². The van der Waals surface area contributed by atoms with E-state index >= 15 is 0 Å². The maximum atomic E-state index is 11.5. The van der Waals surface area contributed by atoms with Gasteiger partial charge in [-0.25, -0.2) is 18.4 Å². The molecule has 2 rings (SSSR count). The number of primary sulfonamides is 1. The van der Waals surface area contributed by atoms with Crippen molar-refractivity contribution in [3.63, 3.8) is 0 Å². The van der Waals surface area contributed by atoms with Gasteiger partial charge in [0, 0.05) is 12.2 Å². The summed E-state index contributed by atoms with van der Waals surface area (Å²) in [5, 5.41) is 5.07. The fourth-order valence-electron chi connectivity index (χ4n) is 1.92. The number of hydrogen-bond donors (Lipinski definition) is 1. The van der Waals surface area contributed by atoms with Gasteiger partial charge in [-0.3, -0.25) is 0 Å². The third-order valence-corrected chi connectivity index (χ3v) is 3.88. The van der Waals surface area contributed by atoms with Gasteiger partial charge >= 0.3 is 5.97 Å². The second-order valence-electron chi connectivity index (χ2n) is 4.06. The number of methoxy groups -OCH3 is 1. The maximum Gasteiger partial charge on any atom is 0.328 e. The van der Waals surface area contributed by atoms with E-state index in [1.54, 1.807) is 17.0 Å². The summed E-state index contributed by atoms with van der Waals surface area (Å²) in [4.78, 5) is 13.3. The average Bonchev–Trinajstić information content (AvgIpc) is 2.26. The van der Waals surface area contributed by atoms with Crippen molar-refractivity contribution in [2.75, 3.05) is 18.6 Å². The van der Waals surface area contributed by atoms with E-state index in [0.717, 1.165) is 0 Å². The number of rotatable bonds is 3. The van der Waals surface area contributed by atoms with Gasteiger partial charge in [-0.05, 0) is 24.6 Å². The van der Waals surface area contributed by atoms with Gasteiger partial charge in [0.1, 0.15) is 6.04 Å². The Hall–Kier alpha value is -1.60. The topological polar surface area (TPSA) is 89.7 Å². The van der Waals surface area contributed by atoms with Gasteiger partial charge in [0.25, 0.3) is 0 Å². The molecule has 1 fully saturated rings. The fourth-order valence-corrected chi connectivity index (χ4v) is 2.47. The van der Waals surface area contributed by atoms with Crippen LogP contribution in [-0.4, -0.2) is 34.1 Å². The van der Waals surface area contributed by atoms with Crippen LogP contribution in [0.25, 0.3) is 0 Å². The van der Waals surface area contributed by atoms with Gasteiger partial charge in [-0.2, -0.15) is 0 Å². The fraction of sp³-hybridized carbons (Fsp3) is 0.364. The number of anilines is 1. The molecular formula is C11H14N2O4S. The largest absolute Gasteiger partial charge is 0.467 e. The normalized spacial score (nSPS) is 19.2. The van der Waals surface area contributed by atoms with Crippen LogP contribution >= 0.6 is 0 Å². The molecular weight excluding hydrogens is 256 g/mol. The average molecular weight is 270 g/mol. The van der Waals surface area contributed by atoms with E-state index in [1.165, 1.54) is 19.2 Å². The quantitative estimate of drug-likeness (QED) is 0.786. The predicted molar refractivity (Wildman–Crippen MR) is 65.6 cm³/mol. The first kappa shape index (κ1) is 12.8. The van der Waals surface area contributed by atoms with Crippen LogP contribution in [0.1, 0.15) is 6.42 Å². The van der Waals surface area contributed by atoms with Crippen LogP contribution in [0.2, 0.25) is 0 Å². The minimum Gasteiger partial charge on any atom is -0.467 e. The molecule has 6 nitrogen and oxygen atoms in total. The molecule has 0 amide bonds. The van der Waals surface area contributed by atoms with Crippen LogP contribution in [0.3, 0.4) is 0 Å². The standard InChI is InChI=1S/C11H14N2O4S/c1-17-11(14)10-5-6-13(10)8-3-2-4-9(7-8)18(12,15)16/h2-4,7,10H,5-6H2,1H3,(H2,12,15,16). The van der Waals surface area contributed by atoms with E-state index in [9.17, 15) is 13.2 Å². The van der Waals surface area contributed by atoms with Crippen molar-refractivity contribution in [2.45, 2.75) is 17.4 Å². The van der Waals surface area contributed by atoms with E-state index in [1.807, 2.05) is 0 Å². The number of ether oxygens (including phenoxy) is 1. The smallest absolute Gasteiger partial charge is 0.328 e. The maximum absolute atomic E-state index is 11.5. The number of nitrogens with zero attached hydrogens (tertiary/aromatic N) is 1. The van der Waals surface area contributed by atoms with Gasteiger partial charge in [0.05, 0.1) is 12.0 Å². The second-order valence-corrected chi connectivity index (χ2v) is 5.62. The van der Waals surface area contributed by atoms with E-state index < -0.39 is 10.0 Å². The van der Waals surface area contributed by atoms with Crippen molar-refractivity contribution in [3.05, 3.63) is 24.3 Å². The molecule has 18 heavy (non-hydrogen) atoms. The first-order valence-corrected chi connectivity index (χ1v) is 6.95. The first-order valence-electron chi connectivity index (χ1n) is 5.41. The van der Waals surface area contributed by atoms with Crippen molar-refractivity contribution in [1.29, 1.82) is 0 Å². The number of nitrogens with two attached hydrogens (primary N) is 1. The first-order chi connectivity index (χ1) is 8.43. The van der Waals surface area contributed by atoms with Crippen LogP contribution in [0.5, 0.6) is 0 Å². The van der Waals surface area contributed by atoms with Gasteiger partial charge < -0.3 is 9.64 Å². The van der Waals surface area contributed by atoms with Crippen molar-refractivity contribution in [1.82, 2.24) is 0 Å². The predicted octanol–water partition coefficient (Wildman–Crippen LogP) is 0.0857. The van der Waals surface area contributed by atoms with Crippen molar-refractivity contribution in [3.8, 4) is 0 Å². The molecule has 7 heteroatoms. The summed E-state index contributed by atoms with van der Waals surface area (Å²) in [7, 11) is -2.40. The van der Waals surface area contributed by atoms with Gasteiger partial charge in [0.2, 0.25) is 10.0 Å². The number of carbonyl (C=O) groups is 1. The van der Waals surface area contributed by atoms with Crippen LogP contribution in [0, 0.1) is 0 Å². The van der Waals surface area contributed by atoms with Crippen molar-refractivity contribution in [2.24, 2.45) is 5.14 Å². The Bertz CT molecular complexity index is 570. The molecule has 1 aromatic carbocycles. The molecule has 1 aliphatic heterocycles. The Balaban J connectivity index is 2.27. The summed E-state index contributed by atoms with van der Waals surface area (Å²) in [6.45, 7) is 0.688. The third-order valence-electron chi connectivity index (χ3n) is 2.97. The molecule has 0 spiro atoms. The highest BCUT2D eigenvalue weighted by atomic mass is 32.2. The summed E-state index contributed by atoms with van der Waals surface area (Å²) >= 11 is 0. The summed E-state index contributed by atoms with van der Waals surface area (Å²) < 4.78 is 27.2. The third kappa shape index (κ3) is 2.32. The van der Waals surface area contributed by atoms with Crippen LogP contribution in [-0.2, 0) is 19.6 Å². The minimum absolute atomic E-state index is 0.0375. The lowest BCUT2D eigenvalue weighted by atomic mass is 10.0. The van der Waals surface area contributed by atoms with Crippen molar-refractivity contribution >= 4 is 21.7 Å². The zero-order valence-electron chi connectivity index (χ0n) is 9.87. The van der Waals surface area contributed by atoms with E-state index in [4.69, 9.17) is 5.14 Å². The number of benzene rings is 1. The molecule has 0 saturated carbocycles. The summed E-state index contributed by atoms with van der Waals surface area (Å²) in [6.07, 6.45) is 0.701. The second kappa shape index (κ2) is 4.58. The SMILES string of the molecule is COC(=O)C1CCN1c1cccc(S(N)(=O)=O)c1. The molecule has 1 heterocycles. The van der Waals surface area contributed by atoms with Crippen LogP contribution in [0.15, 0.2) is 29.2 Å². The molecule has 0 bridgehead atoms. The highest BCUT2D eigenvalue weighted by molar-refractivity contribution is 7.89. The molecule has 1 aliphatic rings. The lowest BCUT2D eigenvalue weighted by Crippen LogP contribution is -2.53. The Morgan fingerprint density at radius 1 is 1.50 bits per heavy atom. The molecule has 0 aliphatic carbocycles. The lowest BCUT2D eigenvalue weighted by molar-refractivity contribution is -0.143. The molecule has 1 saturated heterocycles. The lowest BCUT2D eigenvalue weighted by Gasteiger charge is -2.40. The Morgan fingerprint density at radius 2 is 2.22 bits per heavy atom. The van der Waals surface area contributed by atoms with Crippen molar-refractivity contribution < 1.29 is 17.9 Å². The number of hydrogen-bond acceptors (Lipinski definition) is 5. The summed E-state index contributed by atoms with van der Waals surface area (Å²) in [5.41, 5.74) is 0.656. The molecule has 0 radical (unpaired) electrons. The molecule has 1 atom stereocenters. The summed E-state index contributed by atoms with van der Waals surface area (Å²) in [5.74, 6) is -0.317. The summed E-state index contributed by atoms with van der Waals surface area (Å²) in [6, 6.07) is 5.88. The van der Waals surface area contributed by atoms with Gasteiger partial charge in [-0.1, -0.05) is 6.07 Å². The van der Waals surface area contributed by atoms with E-state index in [0.29, 0.717) is 18.7 Å². The van der Waals surface area contributed by atoms with E-state index in [-0.39, 0.29) is 16.9 Å². The molecule has 1 unspecified atom stereocenters. The molecule has 1 aromatic rings. The Kier molecular flexibility index (Phi) is 3.27. The highest BCUT2D eigenvalue weighted by Crippen LogP contribution is 2.28. The van der Waals surface area contributed by atoms with Gasteiger partial charge in [0.15, 0.2) is 0 Å². The zero-order valence-corrected chi connectivity index (χ0v) is 10.7.